The SMILES string of the molecule is O=C(CCCCc1nn[nH]n1)N1C2CCCC1CC(F)(F)C2. The quantitative estimate of drug-likeness (QED) is 0.845. The first-order chi connectivity index (χ1) is 10.6. The van der Waals surface area contributed by atoms with E-state index in [2.05, 4.69) is 20.6 Å². The third-order valence-electron chi connectivity index (χ3n) is 4.65. The fraction of sp³-hybridized carbons (Fsp3) is 0.857. The van der Waals surface area contributed by atoms with Crippen molar-refractivity contribution in [2.75, 3.05) is 0 Å². The van der Waals surface area contributed by atoms with Crippen molar-refractivity contribution in [3.8, 4) is 0 Å². The average molecular weight is 313 g/mol. The highest BCUT2D eigenvalue weighted by atomic mass is 19.3. The Balaban J connectivity index is 1.49. The molecule has 1 amide bonds. The van der Waals surface area contributed by atoms with Crippen molar-refractivity contribution in [2.24, 2.45) is 0 Å². The molecule has 6 nitrogen and oxygen atoms in total. The lowest BCUT2D eigenvalue weighted by atomic mass is 9.82. The summed E-state index contributed by atoms with van der Waals surface area (Å²) in [6.45, 7) is 0. The van der Waals surface area contributed by atoms with E-state index >= 15 is 0 Å². The zero-order valence-electron chi connectivity index (χ0n) is 12.5. The molecule has 122 valence electrons. The van der Waals surface area contributed by atoms with Gasteiger partial charge in [-0.2, -0.15) is 5.21 Å². The topological polar surface area (TPSA) is 74.8 Å². The predicted molar refractivity (Wildman–Crippen MR) is 74.2 cm³/mol. The number of hydrogen-bond donors (Lipinski definition) is 1. The van der Waals surface area contributed by atoms with Crippen LogP contribution in [0, 0.1) is 0 Å². The summed E-state index contributed by atoms with van der Waals surface area (Å²) in [6, 6.07) is -0.542. The molecule has 22 heavy (non-hydrogen) atoms. The van der Waals surface area contributed by atoms with Crippen LogP contribution in [0.4, 0.5) is 8.78 Å². The van der Waals surface area contributed by atoms with Gasteiger partial charge < -0.3 is 4.90 Å². The van der Waals surface area contributed by atoms with Gasteiger partial charge in [0.1, 0.15) is 0 Å². The van der Waals surface area contributed by atoms with Gasteiger partial charge in [-0.3, -0.25) is 4.79 Å². The minimum absolute atomic E-state index is 0.0262. The number of tetrazole rings is 1. The van der Waals surface area contributed by atoms with Crippen LogP contribution in [0.3, 0.4) is 0 Å². The number of nitrogens with zero attached hydrogens (tertiary/aromatic N) is 4. The van der Waals surface area contributed by atoms with Crippen LogP contribution < -0.4 is 0 Å². The van der Waals surface area contributed by atoms with E-state index in [1.165, 1.54) is 0 Å². The Morgan fingerprint density at radius 2 is 2.00 bits per heavy atom. The summed E-state index contributed by atoms with van der Waals surface area (Å²) in [5, 5.41) is 13.6. The number of aryl methyl sites for hydroxylation is 1. The number of fused-ring (bicyclic) bond motifs is 2. The standard InChI is InChI=1S/C14H21F2N5O/c15-14(16)8-10-4-3-5-11(9-14)21(10)13(22)7-2-1-6-12-17-19-20-18-12/h10-11H,1-9H2,(H,17,18,19,20). The molecule has 8 heteroatoms. The van der Waals surface area contributed by atoms with Crippen LogP contribution in [0.2, 0.25) is 0 Å². The van der Waals surface area contributed by atoms with E-state index in [1.807, 2.05) is 0 Å². The first-order valence-electron chi connectivity index (χ1n) is 7.96. The molecule has 1 aromatic heterocycles. The fourth-order valence-corrected chi connectivity index (χ4v) is 3.72. The summed E-state index contributed by atoms with van der Waals surface area (Å²) in [7, 11) is 0. The number of carbonyl (C=O) groups is 1. The molecule has 1 N–H and O–H groups in total. The number of halogens is 2. The molecule has 2 aliphatic heterocycles. The van der Waals surface area contributed by atoms with Crippen LogP contribution >= 0.6 is 0 Å². The number of aromatic amines is 1. The first kappa shape index (κ1) is 15.3. The Labute approximate surface area is 127 Å². The molecule has 2 saturated heterocycles. The van der Waals surface area contributed by atoms with Crippen molar-refractivity contribution >= 4 is 5.91 Å². The largest absolute Gasteiger partial charge is 0.336 e. The normalized spacial score (nSPS) is 26.9. The lowest BCUT2D eigenvalue weighted by Gasteiger charge is -2.48. The third-order valence-corrected chi connectivity index (χ3v) is 4.65. The van der Waals surface area contributed by atoms with Crippen LogP contribution in [-0.4, -0.2) is 49.4 Å². The van der Waals surface area contributed by atoms with Crippen molar-refractivity contribution in [1.82, 2.24) is 25.5 Å². The molecule has 3 rings (SSSR count). The Kier molecular flexibility index (Phi) is 4.35. The van der Waals surface area contributed by atoms with Crippen LogP contribution in [0.1, 0.15) is 57.2 Å². The Morgan fingerprint density at radius 3 is 2.64 bits per heavy atom. The van der Waals surface area contributed by atoms with Gasteiger partial charge in [-0.15, -0.1) is 10.2 Å². The predicted octanol–water partition coefficient (Wildman–Crippen LogP) is 2.09. The number of unbranched alkanes of at least 4 members (excludes halogenated alkanes) is 1. The molecule has 3 heterocycles. The summed E-state index contributed by atoms with van der Waals surface area (Å²) in [5.74, 6) is -1.94. The Hall–Kier alpha value is -1.60. The maximum absolute atomic E-state index is 13.7. The minimum Gasteiger partial charge on any atom is -0.336 e. The molecule has 0 radical (unpaired) electrons. The van der Waals surface area contributed by atoms with Crippen LogP contribution in [-0.2, 0) is 11.2 Å². The van der Waals surface area contributed by atoms with Crippen molar-refractivity contribution in [3.63, 3.8) is 0 Å². The number of hydrogen-bond acceptors (Lipinski definition) is 4. The summed E-state index contributed by atoms with van der Waals surface area (Å²) in [6.07, 6.45) is 4.64. The van der Waals surface area contributed by atoms with Crippen molar-refractivity contribution in [1.29, 1.82) is 0 Å². The highest BCUT2D eigenvalue weighted by Gasteiger charge is 2.48. The number of carbonyl (C=O) groups excluding carboxylic acids is 1. The van der Waals surface area contributed by atoms with Crippen LogP contribution in [0.15, 0.2) is 0 Å². The van der Waals surface area contributed by atoms with Gasteiger partial charge in [0, 0.05) is 37.8 Å². The zero-order chi connectivity index (χ0) is 15.6. The molecule has 2 bridgehead atoms. The summed E-state index contributed by atoms with van der Waals surface area (Å²) >= 11 is 0. The lowest BCUT2D eigenvalue weighted by molar-refractivity contribution is -0.156. The highest BCUT2D eigenvalue weighted by molar-refractivity contribution is 5.77. The number of alkyl halides is 2. The number of amides is 1. The Bertz CT molecular complexity index is 491. The van der Waals surface area contributed by atoms with Gasteiger partial charge in [-0.05, 0) is 32.1 Å². The zero-order valence-corrected chi connectivity index (χ0v) is 12.5. The first-order valence-corrected chi connectivity index (χ1v) is 7.96. The van der Waals surface area contributed by atoms with Crippen LogP contribution in [0.25, 0.3) is 0 Å². The van der Waals surface area contributed by atoms with Gasteiger partial charge in [0.25, 0.3) is 5.92 Å². The van der Waals surface area contributed by atoms with E-state index in [0.29, 0.717) is 31.5 Å². The molecule has 2 atom stereocenters. The number of aromatic nitrogens is 4. The highest BCUT2D eigenvalue weighted by Crippen LogP contribution is 2.42. The van der Waals surface area contributed by atoms with Crippen molar-refractivity contribution in [2.45, 2.75) is 75.8 Å². The van der Waals surface area contributed by atoms with E-state index in [4.69, 9.17) is 0 Å². The van der Waals surface area contributed by atoms with Crippen LogP contribution in [0.5, 0.6) is 0 Å². The number of piperidine rings is 2. The van der Waals surface area contributed by atoms with Gasteiger partial charge >= 0.3 is 0 Å². The maximum atomic E-state index is 13.7. The lowest BCUT2D eigenvalue weighted by Crippen LogP contribution is -2.57. The van der Waals surface area contributed by atoms with Gasteiger partial charge in [-0.1, -0.05) is 5.21 Å². The number of nitrogens with one attached hydrogen (secondary N) is 1. The van der Waals surface area contributed by atoms with E-state index in [1.54, 1.807) is 4.90 Å². The smallest absolute Gasteiger partial charge is 0.252 e. The summed E-state index contributed by atoms with van der Waals surface area (Å²) in [5.41, 5.74) is 0. The minimum atomic E-state index is -2.61. The average Bonchev–Trinajstić information content (AvgIpc) is 2.94. The molecule has 1 aromatic rings. The van der Waals surface area contributed by atoms with E-state index in [-0.39, 0.29) is 30.8 Å². The van der Waals surface area contributed by atoms with Gasteiger partial charge in [0.2, 0.25) is 5.91 Å². The summed E-state index contributed by atoms with van der Waals surface area (Å²) < 4.78 is 27.3. The van der Waals surface area contributed by atoms with E-state index < -0.39 is 5.92 Å². The second kappa shape index (κ2) is 6.26. The molecule has 2 unspecified atom stereocenters. The van der Waals surface area contributed by atoms with Gasteiger partial charge in [-0.25, -0.2) is 8.78 Å². The number of H-pyrrole nitrogens is 1. The second-order valence-corrected chi connectivity index (χ2v) is 6.34. The van der Waals surface area contributed by atoms with E-state index in [0.717, 1.165) is 19.3 Å². The molecule has 2 aliphatic rings. The van der Waals surface area contributed by atoms with Gasteiger partial charge in [0.15, 0.2) is 5.82 Å². The summed E-state index contributed by atoms with van der Waals surface area (Å²) in [4.78, 5) is 14.2. The molecule has 0 spiro atoms. The Morgan fingerprint density at radius 1 is 1.27 bits per heavy atom. The molecular formula is C14H21F2N5O. The van der Waals surface area contributed by atoms with E-state index in [9.17, 15) is 13.6 Å². The third kappa shape index (κ3) is 3.41. The monoisotopic (exact) mass is 313 g/mol. The second-order valence-electron chi connectivity index (χ2n) is 6.34. The molecular weight excluding hydrogens is 292 g/mol. The van der Waals surface area contributed by atoms with Crippen molar-refractivity contribution in [3.05, 3.63) is 5.82 Å². The molecule has 0 saturated carbocycles. The fourth-order valence-electron chi connectivity index (χ4n) is 3.72. The van der Waals surface area contributed by atoms with Crippen molar-refractivity contribution < 1.29 is 13.6 Å². The molecule has 0 aromatic carbocycles. The molecule has 2 fully saturated rings. The molecule has 0 aliphatic carbocycles. The van der Waals surface area contributed by atoms with Gasteiger partial charge in [0.05, 0.1) is 0 Å². The number of rotatable bonds is 5. The maximum Gasteiger partial charge on any atom is 0.252 e.